The zero-order valence-corrected chi connectivity index (χ0v) is 10.6. The largest absolute Gasteiger partial charge is 0.380 e. The van der Waals surface area contributed by atoms with Crippen molar-refractivity contribution in [1.29, 1.82) is 0 Å². The van der Waals surface area contributed by atoms with Crippen molar-refractivity contribution < 1.29 is 9.53 Å². The Hall–Kier alpha value is -1.46. The van der Waals surface area contributed by atoms with Crippen LogP contribution in [0.15, 0.2) is 24.4 Å². The summed E-state index contributed by atoms with van der Waals surface area (Å²) in [5.41, 5.74) is 0.993. The molecule has 5 nitrogen and oxygen atoms in total. The first-order chi connectivity index (χ1) is 8.79. The molecule has 98 valence electrons. The third-order valence-corrected chi connectivity index (χ3v) is 3.15. The Bertz CT molecular complexity index is 383. The van der Waals surface area contributed by atoms with Gasteiger partial charge in [0.2, 0.25) is 5.91 Å². The molecule has 1 fully saturated rings. The number of carbonyl (C=O) groups is 1. The number of amides is 1. The van der Waals surface area contributed by atoms with Gasteiger partial charge < -0.3 is 15.4 Å². The summed E-state index contributed by atoms with van der Waals surface area (Å²) in [6.45, 7) is 1.36. The molecular formula is C13H19N3O2. The molecule has 1 aliphatic heterocycles. The predicted molar refractivity (Wildman–Crippen MR) is 68.2 cm³/mol. The van der Waals surface area contributed by atoms with Crippen molar-refractivity contribution in [3.8, 4) is 0 Å². The fraction of sp³-hybridized carbons (Fsp3) is 0.538. The van der Waals surface area contributed by atoms with Crippen LogP contribution in [0.1, 0.15) is 12.1 Å². The fourth-order valence-corrected chi connectivity index (χ4v) is 2.07. The van der Waals surface area contributed by atoms with E-state index in [1.807, 2.05) is 18.2 Å². The normalized spacial score (nSPS) is 22.9. The Morgan fingerprint density at radius 1 is 1.61 bits per heavy atom. The van der Waals surface area contributed by atoms with Crippen molar-refractivity contribution in [2.45, 2.75) is 25.0 Å². The Balaban J connectivity index is 1.69. The number of pyridine rings is 1. The van der Waals surface area contributed by atoms with Crippen LogP contribution in [0, 0.1) is 0 Å². The lowest BCUT2D eigenvalue weighted by Crippen LogP contribution is -2.41. The van der Waals surface area contributed by atoms with Crippen LogP contribution in [0.3, 0.4) is 0 Å². The van der Waals surface area contributed by atoms with Crippen LogP contribution in [0.2, 0.25) is 0 Å². The standard InChI is InChI=1S/C13H19N3O2/c1-18-11-8-12(16-9-11)13(17)15-7-5-10-4-2-3-6-14-10/h2-4,6,11-12,16H,5,7-9H2,1H3,(H,15,17). The van der Waals surface area contributed by atoms with Crippen molar-refractivity contribution in [3.63, 3.8) is 0 Å². The maximum absolute atomic E-state index is 11.8. The summed E-state index contributed by atoms with van der Waals surface area (Å²) in [6, 6.07) is 5.67. The Kier molecular flexibility index (Phi) is 4.66. The lowest BCUT2D eigenvalue weighted by Gasteiger charge is -2.11. The van der Waals surface area contributed by atoms with Crippen molar-refractivity contribution in [3.05, 3.63) is 30.1 Å². The van der Waals surface area contributed by atoms with Gasteiger partial charge in [-0.2, -0.15) is 0 Å². The van der Waals surface area contributed by atoms with Gasteiger partial charge >= 0.3 is 0 Å². The van der Waals surface area contributed by atoms with E-state index in [-0.39, 0.29) is 18.1 Å². The molecule has 2 unspecified atom stereocenters. The molecule has 0 bridgehead atoms. The summed E-state index contributed by atoms with van der Waals surface area (Å²) in [7, 11) is 1.67. The van der Waals surface area contributed by atoms with Gasteiger partial charge in [0.25, 0.3) is 0 Å². The van der Waals surface area contributed by atoms with E-state index in [0.29, 0.717) is 6.54 Å². The highest BCUT2D eigenvalue weighted by Crippen LogP contribution is 2.09. The lowest BCUT2D eigenvalue weighted by molar-refractivity contribution is -0.122. The van der Waals surface area contributed by atoms with Gasteiger partial charge in [-0.25, -0.2) is 0 Å². The highest BCUT2D eigenvalue weighted by atomic mass is 16.5. The van der Waals surface area contributed by atoms with Crippen LogP contribution in [-0.4, -0.2) is 43.2 Å². The number of hydrogen-bond donors (Lipinski definition) is 2. The maximum Gasteiger partial charge on any atom is 0.237 e. The monoisotopic (exact) mass is 249 g/mol. The average molecular weight is 249 g/mol. The first-order valence-electron chi connectivity index (χ1n) is 6.23. The van der Waals surface area contributed by atoms with E-state index in [0.717, 1.165) is 25.1 Å². The molecule has 2 N–H and O–H groups in total. The summed E-state index contributed by atoms with van der Waals surface area (Å²) in [5.74, 6) is 0.0467. The van der Waals surface area contributed by atoms with Crippen molar-refractivity contribution in [2.75, 3.05) is 20.2 Å². The molecule has 18 heavy (non-hydrogen) atoms. The molecule has 1 aromatic heterocycles. The Morgan fingerprint density at radius 2 is 2.50 bits per heavy atom. The Morgan fingerprint density at radius 3 is 3.17 bits per heavy atom. The highest BCUT2D eigenvalue weighted by molar-refractivity contribution is 5.82. The van der Waals surface area contributed by atoms with E-state index in [2.05, 4.69) is 15.6 Å². The van der Waals surface area contributed by atoms with Gasteiger partial charge in [-0.15, -0.1) is 0 Å². The summed E-state index contributed by atoms with van der Waals surface area (Å²) >= 11 is 0. The first-order valence-corrected chi connectivity index (χ1v) is 6.23. The number of ether oxygens (including phenoxy) is 1. The molecular weight excluding hydrogens is 230 g/mol. The lowest BCUT2D eigenvalue weighted by atomic mass is 10.2. The van der Waals surface area contributed by atoms with Crippen LogP contribution in [0.25, 0.3) is 0 Å². The molecule has 2 atom stereocenters. The van der Waals surface area contributed by atoms with E-state index in [1.165, 1.54) is 0 Å². The highest BCUT2D eigenvalue weighted by Gasteiger charge is 2.28. The van der Waals surface area contributed by atoms with Gasteiger partial charge in [-0.1, -0.05) is 6.07 Å². The molecule has 0 saturated carbocycles. The van der Waals surface area contributed by atoms with Crippen LogP contribution in [0.5, 0.6) is 0 Å². The number of methoxy groups -OCH3 is 1. The molecule has 2 heterocycles. The molecule has 0 spiro atoms. The number of aromatic nitrogens is 1. The molecule has 1 aliphatic rings. The zero-order valence-electron chi connectivity index (χ0n) is 10.6. The molecule has 5 heteroatoms. The number of hydrogen-bond acceptors (Lipinski definition) is 4. The first kappa shape index (κ1) is 13.0. The second-order valence-corrected chi connectivity index (χ2v) is 4.42. The zero-order chi connectivity index (χ0) is 12.8. The summed E-state index contributed by atoms with van der Waals surface area (Å²) in [5, 5.41) is 6.07. The third kappa shape index (κ3) is 3.51. The van der Waals surface area contributed by atoms with E-state index in [1.54, 1.807) is 13.3 Å². The van der Waals surface area contributed by atoms with Gasteiger partial charge in [-0.05, 0) is 18.6 Å². The second kappa shape index (κ2) is 6.47. The molecule has 0 aliphatic carbocycles. The summed E-state index contributed by atoms with van der Waals surface area (Å²) in [4.78, 5) is 16.1. The van der Waals surface area contributed by atoms with Crippen molar-refractivity contribution >= 4 is 5.91 Å². The quantitative estimate of drug-likeness (QED) is 0.778. The van der Waals surface area contributed by atoms with Gasteiger partial charge in [0.05, 0.1) is 12.1 Å². The topological polar surface area (TPSA) is 63.2 Å². The third-order valence-electron chi connectivity index (χ3n) is 3.15. The average Bonchev–Trinajstić information content (AvgIpc) is 2.89. The summed E-state index contributed by atoms with van der Waals surface area (Å²) < 4.78 is 5.21. The van der Waals surface area contributed by atoms with Gasteiger partial charge in [0, 0.05) is 38.5 Å². The SMILES string of the molecule is COC1CNC(C(=O)NCCc2ccccn2)C1. The van der Waals surface area contributed by atoms with Gasteiger partial charge in [0.15, 0.2) is 0 Å². The summed E-state index contributed by atoms with van der Waals surface area (Å²) in [6.07, 6.45) is 3.41. The minimum Gasteiger partial charge on any atom is -0.380 e. The fourth-order valence-electron chi connectivity index (χ4n) is 2.07. The molecule has 0 radical (unpaired) electrons. The van der Waals surface area contributed by atoms with Gasteiger partial charge in [-0.3, -0.25) is 9.78 Å². The smallest absolute Gasteiger partial charge is 0.237 e. The number of nitrogens with one attached hydrogen (secondary N) is 2. The molecule has 1 saturated heterocycles. The van der Waals surface area contributed by atoms with Gasteiger partial charge in [0.1, 0.15) is 0 Å². The predicted octanol–water partition coefficient (Wildman–Crippen LogP) is 0.117. The molecule has 1 aromatic rings. The van der Waals surface area contributed by atoms with Crippen molar-refractivity contribution in [1.82, 2.24) is 15.6 Å². The van der Waals surface area contributed by atoms with E-state index >= 15 is 0 Å². The molecule has 0 aromatic carbocycles. The van der Waals surface area contributed by atoms with Crippen LogP contribution < -0.4 is 10.6 Å². The van der Waals surface area contributed by atoms with Crippen LogP contribution in [-0.2, 0) is 16.0 Å². The minimum absolute atomic E-state index is 0.0467. The molecule has 2 rings (SSSR count). The number of carbonyl (C=O) groups excluding carboxylic acids is 1. The minimum atomic E-state index is -0.126. The number of nitrogens with zero attached hydrogens (tertiary/aromatic N) is 1. The van der Waals surface area contributed by atoms with E-state index < -0.39 is 0 Å². The van der Waals surface area contributed by atoms with Crippen molar-refractivity contribution in [2.24, 2.45) is 0 Å². The maximum atomic E-state index is 11.8. The second-order valence-electron chi connectivity index (χ2n) is 4.42. The number of rotatable bonds is 5. The van der Waals surface area contributed by atoms with Crippen LogP contribution in [0.4, 0.5) is 0 Å². The Labute approximate surface area is 107 Å². The van der Waals surface area contributed by atoms with E-state index in [4.69, 9.17) is 4.74 Å². The van der Waals surface area contributed by atoms with E-state index in [9.17, 15) is 4.79 Å². The van der Waals surface area contributed by atoms with Crippen LogP contribution >= 0.6 is 0 Å². The molecule has 1 amide bonds.